The van der Waals surface area contributed by atoms with Crippen molar-refractivity contribution in [3.63, 3.8) is 0 Å². The fourth-order valence-corrected chi connectivity index (χ4v) is 1.14. The monoisotopic (exact) mass is 234 g/mol. The van der Waals surface area contributed by atoms with Gasteiger partial charge in [-0.15, -0.1) is 10.2 Å². The molecule has 6 nitrogen and oxygen atoms in total. The van der Waals surface area contributed by atoms with Crippen molar-refractivity contribution in [2.24, 2.45) is 0 Å². The lowest BCUT2D eigenvalue weighted by molar-refractivity contribution is 0.0552. The Morgan fingerprint density at radius 2 is 2.06 bits per heavy atom. The molecule has 0 aliphatic rings. The maximum atomic E-state index is 11.0. The number of nitrogens with zero attached hydrogens (tertiary/aromatic N) is 2. The van der Waals surface area contributed by atoms with E-state index in [0.29, 0.717) is 5.75 Å². The average molecular weight is 234 g/mol. The van der Waals surface area contributed by atoms with Crippen molar-refractivity contribution >= 4 is 5.97 Å². The number of carbonyl (C=O) groups is 1. The van der Waals surface area contributed by atoms with Crippen LogP contribution in [-0.4, -0.2) is 23.3 Å². The van der Waals surface area contributed by atoms with Crippen LogP contribution in [0.25, 0.3) is 0 Å². The second-order valence-electron chi connectivity index (χ2n) is 3.09. The van der Waals surface area contributed by atoms with Gasteiger partial charge in [0.25, 0.3) is 5.89 Å². The predicted molar refractivity (Wildman–Crippen MR) is 56.4 cm³/mol. The van der Waals surface area contributed by atoms with Crippen molar-refractivity contribution in [2.45, 2.75) is 6.61 Å². The van der Waals surface area contributed by atoms with E-state index in [-0.39, 0.29) is 18.4 Å². The average Bonchev–Trinajstić information content (AvgIpc) is 2.85. The van der Waals surface area contributed by atoms with Gasteiger partial charge in [-0.1, -0.05) is 18.2 Å². The summed E-state index contributed by atoms with van der Waals surface area (Å²) in [6.45, 7) is 0.105. The van der Waals surface area contributed by atoms with Gasteiger partial charge in [0, 0.05) is 0 Å². The molecule has 0 fully saturated rings. The Morgan fingerprint density at radius 1 is 1.29 bits per heavy atom. The number of rotatable bonds is 4. The molecule has 0 saturated carbocycles. The summed E-state index contributed by atoms with van der Waals surface area (Å²) in [5.74, 6) is 0.0576. The summed E-state index contributed by atoms with van der Waals surface area (Å²) in [7, 11) is 1.24. The maximum Gasteiger partial charge on any atom is 0.396 e. The van der Waals surface area contributed by atoms with Crippen LogP contribution >= 0.6 is 0 Å². The molecular formula is C11H10N2O4. The third kappa shape index (κ3) is 2.81. The third-order valence-corrected chi connectivity index (χ3v) is 1.93. The first-order valence-corrected chi connectivity index (χ1v) is 4.88. The van der Waals surface area contributed by atoms with E-state index in [1.165, 1.54) is 7.11 Å². The largest absolute Gasteiger partial charge is 0.484 e. The Labute approximate surface area is 97.2 Å². The van der Waals surface area contributed by atoms with Gasteiger partial charge in [-0.25, -0.2) is 4.79 Å². The zero-order chi connectivity index (χ0) is 12.1. The standard InChI is InChI=1S/C11H10N2O4/c1-15-11(14)10-13-12-9(17-10)7-16-8-5-3-2-4-6-8/h2-6H,7H2,1H3. The van der Waals surface area contributed by atoms with Crippen LogP contribution in [-0.2, 0) is 11.3 Å². The molecule has 0 aliphatic carbocycles. The summed E-state index contributed by atoms with van der Waals surface area (Å²) in [6.07, 6.45) is 0. The van der Waals surface area contributed by atoms with Crippen molar-refractivity contribution in [1.29, 1.82) is 0 Å². The number of hydrogen-bond acceptors (Lipinski definition) is 6. The number of ether oxygens (including phenoxy) is 2. The first-order valence-electron chi connectivity index (χ1n) is 4.88. The van der Waals surface area contributed by atoms with Crippen LogP contribution < -0.4 is 4.74 Å². The molecule has 1 aromatic heterocycles. The molecule has 2 rings (SSSR count). The van der Waals surface area contributed by atoms with Crippen molar-refractivity contribution in [3.05, 3.63) is 42.1 Å². The van der Waals surface area contributed by atoms with Gasteiger partial charge >= 0.3 is 11.9 Å². The second kappa shape index (κ2) is 5.11. The first-order chi connectivity index (χ1) is 8.29. The third-order valence-electron chi connectivity index (χ3n) is 1.93. The second-order valence-corrected chi connectivity index (χ2v) is 3.09. The minimum atomic E-state index is -0.663. The number of benzene rings is 1. The highest BCUT2D eigenvalue weighted by atomic mass is 16.5. The Balaban J connectivity index is 1.96. The summed E-state index contributed by atoms with van der Waals surface area (Å²) in [4.78, 5) is 11.0. The highest BCUT2D eigenvalue weighted by molar-refractivity contribution is 5.83. The molecule has 1 heterocycles. The molecule has 0 bridgehead atoms. The SMILES string of the molecule is COC(=O)c1nnc(COc2ccccc2)o1. The van der Waals surface area contributed by atoms with E-state index in [2.05, 4.69) is 14.9 Å². The van der Waals surface area contributed by atoms with Gasteiger partial charge in [-0.3, -0.25) is 0 Å². The van der Waals surface area contributed by atoms with Gasteiger partial charge in [-0.2, -0.15) is 0 Å². The Hall–Kier alpha value is -2.37. The van der Waals surface area contributed by atoms with Crippen LogP contribution in [0.2, 0.25) is 0 Å². The number of esters is 1. The van der Waals surface area contributed by atoms with Crippen molar-refractivity contribution in [1.82, 2.24) is 10.2 Å². The molecule has 0 N–H and O–H groups in total. The smallest absolute Gasteiger partial charge is 0.396 e. The fourth-order valence-electron chi connectivity index (χ4n) is 1.14. The zero-order valence-corrected chi connectivity index (χ0v) is 9.12. The summed E-state index contributed by atoms with van der Waals surface area (Å²) in [5.41, 5.74) is 0. The quantitative estimate of drug-likeness (QED) is 0.745. The highest BCUT2D eigenvalue weighted by Crippen LogP contribution is 2.11. The fraction of sp³-hybridized carbons (Fsp3) is 0.182. The summed E-state index contributed by atoms with van der Waals surface area (Å²) >= 11 is 0. The molecule has 0 atom stereocenters. The topological polar surface area (TPSA) is 74.5 Å². The van der Waals surface area contributed by atoms with Crippen LogP contribution in [0.5, 0.6) is 5.75 Å². The summed E-state index contributed by atoms with van der Waals surface area (Å²) in [5, 5.41) is 7.19. The Kier molecular flexibility index (Phi) is 3.34. The molecule has 1 aromatic carbocycles. The van der Waals surface area contributed by atoms with Gasteiger partial charge < -0.3 is 13.9 Å². The van der Waals surface area contributed by atoms with Crippen LogP contribution in [0.15, 0.2) is 34.7 Å². The van der Waals surface area contributed by atoms with Crippen molar-refractivity contribution in [2.75, 3.05) is 7.11 Å². The van der Waals surface area contributed by atoms with Gasteiger partial charge in [-0.05, 0) is 12.1 Å². The first kappa shape index (κ1) is 11.1. The Bertz CT molecular complexity index is 495. The van der Waals surface area contributed by atoms with E-state index in [0.717, 1.165) is 0 Å². The van der Waals surface area contributed by atoms with Gasteiger partial charge in [0.1, 0.15) is 5.75 Å². The van der Waals surface area contributed by atoms with Crippen LogP contribution in [0, 0.1) is 0 Å². The molecule has 0 amide bonds. The molecule has 0 spiro atoms. The minimum absolute atomic E-state index is 0.105. The number of methoxy groups -OCH3 is 1. The van der Waals surface area contributed by atoms with E-state index in [4.69, 9.17) is 9.15 Å². The molecule has 17 heavy (non-hydrogen) atoms. The summed E-state index contributed by atoms with van der Waals surface area (Å²) < 4.78 is 14.8. The van der Waals surface area contributed by atoms with E-state index in [1.54, 1.807) is 12.1 Å². The van der Waals surface area contributed by atoms with Gasteiger partial charge in [0.15, 0.2) is 6.61 Å². The van der Waals surface area contributed by atoms with Crippen LogP contribution in [0.1, 0.15) is 16.6 Å². The molecule has 88 valence electrons. The van der Waals surface area contributed by atoms with Crippen molar-refractivity contribution < 1.29 is 18.7 Å². The normalized spacial score (nSPS) is 9.94. The van der Waals surface area contributed by atoms with E-state index >= 15 is 0 Å². The lowest BCUT2D eigenvalue weighted by atomic mass is 10.3. The number of para-hydroxylation sites is 1. The summed E-state index contributed by atoms with van der Waals surface area (Å²) in [6, 6.07) is 9.19. The number of carbonyl (C=O) groups excluding carboxylic acids is 1. The number of aromatic nitrogens is 2. The number of hydrogen-bond donors (Lipinski definition) is 0. The zero-order valence-electron chi connectivity index (χ0n) is 9.12. The minimum Gasteiger partial charge on any atom is -0.484 e. The molecule has 0 aliphatic heterocycles. The molecule has 0 saturated heterocycles. The molecule has 0 unspecified atom stereocenters. The molecule has 2 aromatic rings. The predicted octanol–water partition coefficient (Wildman–Crippen LogP) is 1.44. The van der Waals surface area contributed by atoms with Crippen LogP contribution in [0.3, 0.4) is 0 Å². The Morgan fingerprint density at radius 3 is 2.76 bits per heavy atom. The lowest BCUT2D eigenvalue weighted by Gasteiger charge is -2.01. The lowest BCUT2D eigenvalue weighted by Crippen LogP contribution is -2.00. The van der Waals surface area contributed by atoms with E-state index in [1.807, 2.05) is 18.2 Å². The van der Waals surface area contributed by atoms with E-state index < -0.39 is 5.97 Å². The van der Waals surface area contributed by atoms with Crippen LogP contribution in [0.4, 0.5) is 0 Å². The highest BCUT2D eigenvalue weighted by Gasteiger charge is 2.14. The molecular weight excluding hydrogens is 224 g/mol. The van der Waals surface area contributed by atoms with E-state index in [9.17, 15) is 4.79 Å². The van der Waals surface area contributed by atoms with Gasteiger partial charge in [0.05, 0.1) is 7.11 Å². The maximum absolute atomic E-state index is 11.0. The van der Waals surface area contributed by atoms with Crippen molar-refractivity contribution in [3.8, 4) is 5.75 Å². The van der Waals surface area contributed by atoms with Gasteiger partial charge in [0.2, 0.25) is 0 Å². The molecule has 0 radical (unpaired) electrons. The molecule has 6 heteroatoms.